The largest absolute Gasteiger partial charge is 0.324 e. The van der Waals surface area contributed by atoms with E-state index in [2.05, 4.69) is 26.1 Å². The van der Waals surface area contributed by atoms with Crippen LogP contribution in [-0.2, 0) is 9.59 Å². The summed E-state index contributed by atoms with van der Waals surface area (Å²) < 4.78 is 0. The minimum Gasteiger partial charge on any atom is -0.324 e. The second-order valence-corrected chi connectivity index (χ2v) is 12.2. The second-order valence-electron chi connectivity index (χ2n) is 11.4. The monoisotopic (exact) mass is 488 g/mol. The Labute approximate surface area is 207 Å². The molecule has 0 spiro atoms. The number of halogens is 2. The van der Waals surface area contributed by atoms with Gasteiger partial charge in [0.1, 0.15) is 0 Å². The van der Waals surface area contributed by atoms with Crippen LogP contribution in [0.5, 0.6) is 0 Å². The van der Waals surface area contributed by atoms with Crippen LogP contribution in [0.3, 0.4) is 0 Å². The van der Waals surface area contributed by atoms with Gasteiger partial charge in [0.15, 0.2) is 0 Å². The van der Waals surface area contributed by atoms with Gasteiger partial charge in [-0.3, -0.25) is 9.59 Å². The zero-order valence-corrected chi connectivity index (χ0v) is 21.5. The summed E-state index contributed by atoms with van der Waals surface area (Å²) in [5.74, 6) is 1.98. The van der Waals surface area contributed by atoms with Gasteiger partial charge < -0.3 is 10.2 Å². The third-order valence-corrected chi connectivity index (χ3v) is 10.4. The summed E-state index contributed by atoms with van der Waals surface area (Å²) in [6.07, 6.45) is 6.81. The molecular weight excluding hydrogens is 455 g/mol. The highest BCUT2D eigenvalue weighted by Gasteiger charge is 2.61. The van der Waals surface area contributed by atoms with Crippen LogP contribution >= 0.6 is 23.2 Å². The molecule has 1 N–H and O–H groups in total. The minimum atomic E-state index is -0.0207. The van der Waals surface area contributed by atoms with Crippen molar-refractivity contribution in [3.63, 3.8) is 0 Å². The Morgan fingerprint density at radius 3 is 2.64 bits per heavy atom. The van der Waals surface area contributed by atoms with Gasteiger partial charge in [0.2, 0.25) is 11.8 Å². The van der Waals surface area contributed by atoms with E-state index in [1.54, 1.807) is 18.2 Å². The molecule has 4 nitrogen and oxygen atoms in total. The number of allylic oxidation sites excluding steroid dienone is 2. The lowest BCUT2D eigenvalue weighted by molar-refractivity contribution is -0.137. The standard InChI is InChI=1S/C27H34Cl2N2O2/c1-15-13-17-18-6-7-20(25(33)30-22-14-16(28)5-8-21(22)29)26(18,2)11-9-19(17)27(3)12-10-23(32)31(4)24(15)27/h5,8,14,17-20H,6-7,9-13H2,1-4H3,(H,30,33)/t17-,18-,19-,20+,26-,27+/m0/s1. The number of rotatable bonds is 2. The Kier molecular flexibility index (Phi) is 5.64. The Hall–Kier alpha value is -1.52. The number of benzene rings is 1. The van der Waals surface area contributed by atoms with Crippen molar-refractivity contribution in [1.82, 2.24) is 4.90 Å². The van der Waals surface area contributed by atoms with E-state index in [0.717, 1.165) is 38.5 Å². The molecule has 1 aromatic carbocycles. The number of likely N-dealkylation sites (tertiary alicyclic amines) is 1. The fraction of sp³-hybridized carbons (Fsp3) is 0.630. The summed E-state index contributed by atoms with van der Waals surface area (Å²) in [5, 5.41) is 4.17. The molecule has 0 unspecified atom stereocenters. The highest BCUT2D eigenvalue weighted by Crippen LogP contribution is 2.67. The third kappa shape index (κ3) is 3.46. The van der Waals surface area contributed by atoms with Gasteiger partial charge in [0.25, 0.3) is 0 Å². The molecule has 0 bridgehead atoms. The minimum absolute atomic E-state index is 0.0131. The molecule has 0 aromatic heterocycles. The number of hydrogen-bond acceptors (Lipinski definition) is 2. The smallest absolute Gasteiger partial charge is 0.228 e. The predicted molar refractivity (Wildman–Crippen MR) is 133 cm³/mol. The maximum atomic E-state index is 13.5. The van der Waals surface area contributed by atoms with Crippen molar-refractivity contribution < 1.29 is 9.59 Å². The molecule has 2 saturated carbocycles. The SMILES string of the molecule is CC1=C2N(C)C(=O)CC[C@]2(C)[C@H]2CC[C@]3(C)[C@@H](C(=O)Nc4cc(Cl)ccc4Cl)CC[C@H]3[C@@H]2C1. The van der Waals surface area contributed by atoms with E-state index in [0.29, 0.717) is 39.9 Å². The number of fused-ring (bicyclic) bond motifs is 5. The van der Waals surface area contributed by atoms with E-state index in [4.69, 9.17) is 23.2 Å². The molecule has 1 heterocycles. The lowest BCUT2D eigenvalue weighted by Crippen LogP contribution is -2.54. The molecule has 178 valence electrons. The van der Waals surface area contributed by atoms with Crippen LogP contribution in [0.2, 0.25) is 10.0 Å². The van der Waals surface area contributed by atoms with Crippen LogP contribution in [0.4, 0.5) is 5.69 Å². The molecule has 3 fully saturated rings. The number of nitrogens with one attached hydrogen (secondary N) is 1. The van der Waals surface area contributed by atoms with Crippen LogP contribution in [0.1, 0.15) is 65.7 Å². The van der Waals surface area contributed by atoms with Crippen LogP contribution in [0.25, 0.3) is 0 Å². The Bertz CT molecular complexity index is 1050. The van der Waals surface area contributed by atoms with Gasteiger partial charge in [-0.05, 0) is 86.8 Å². The molecule has 1 aliphatic heterocycles. The first-order chi connectivity index (χ1) is 15.6. The third-order valence-electron chi connectivity index (χ3n) is 9.81. The molecule has 1 saturated heterocycles. The average Bonchev–Trinajstić information content (AvgIpc) is 3.11. The maximum Gasteiger partial charge on any atom is 0.228 e. The topological polar surface area (TPSA) is 49.4 Å². The van der Waals surface area contributed by atoms with Gasteiger partial charge in [-0.15, -0.1) is 0 Å². The van der Waals surface area contributed by atoms with Gasteiger partial charge in [-0.25, -0.2) is 0 Å². The number of piperidine rings is 1. The van der Waals surface area contributed by atoms with E-state index in [1.165, 1.54) is 11.3 Å². The van der Waals surface area contributed by atoms with Crippen LogP contribution < -0.4 is 5.32 Å². The predicted octanol–water partition coefficient (Wildman–Crippen LogP) is 6.93. The summed E-state index contributed by atoms with van der Waals surface area (Å²) >= 11 is 12.5. The van der Waals surface area contributed by atoms with Crippen LogP contribution in [0, 0.1) is 34.5 Å². The maximum absolute atomic E-state index is 13.5. The number of nitrogens with zero attached hydrogens (tertiary/aromatic N) is 1. The highest BCUT2D eigenvalue weighted by atomic mass is 35.5. The lowest BCUT2D eigenvalue weighted by Gasteiger charge is -2.59. The van der Waals surface area contributed by atoms with Gasteiger partial charge in [-0.1, -0.05) is 42.6 Å². The van der Waals surface area contributed by atoms with Crippen molar-refractivity contribution in [3.05, 3.63) is 39.5 Å². The fourth-order valence-electron chi connectivity index (χ4n) is 8.35. The molecule has 33 heavy (non-hydrogen) atoms. The molecule has 2 amide bonds. The average molecular weight is 489 g/mol. The Balaban J connectivity index is 1.42. The molecule has 6 heteroatoms. The van der Waals surface area contributed by atoms with Gasteiger partial charge in [-0.2, -0.15) is 0 Å². The summed E-state index contributed by atoms with van der Waals surface area (Å²) in [4.78, 5) is 27.9. The molecule has 1 aromatic rings. The fourth-order valence-corrected chi connectivity index (χ4v) is 8.69. The molecule has 0 radical (unpaired) electrons. The number of amides is 2. The number of hydrogen-bond donors (Lipinski definition) is 1. The van der Waals surface area contributed by atoms with Crippen molar-refractivity contribution >= 4 is 40.7 Å². The molecule has 6 atom stereocenters. The number of carbonyl (C=O) groups excluding carboxylic acids is 2. The number of carbonyl (C=O) groups is 2. The first kappa shape index (κ1) is 23.2. The lowest BCUT2D eigenvalue weighted by atomic mass is 9.48. The molecule has 4 aliphatic rings. The van der Waals surface area contributed by atoms with Gasteiger partial charge in [0, 0.05) is 35.5 Å². The first-order valence-corrected chi connectivity index (χ1v) is 13.0. The summed E-state index contributed by atoms with van der Waals surface area (Å²) in [6, 6.07) is 5.19. The summed E-state index contributed by atoms with van der Waals surface area (Å²) in [5.41, 5.74) is 3.30. The zero-order valence-electron chi connectivity index (χ0n) is 20.0. The second kappa shape index (κ2) is 8.02. The molecule has 3 aliphatic carbocycles. The van der Waals surface area contributed by atoms with E-state index in [1.807, 2.05) is 11.9 Å². The van der Waals surface area contributed by atoms with Crippen molar-refractivity contribution in [2.75, 3.05) is 12.4 Å². The van der Waals surface area contributed by atoms with Gasteiger partial charge in [0.05, 0.1) is 10.7 Å². The van der Waals surface area contributed by atoms with E-state index in [9.17, 15) is 9.59 Å². The van der Waals surface area contributed by atoms with E-state index in [-0.39, 0.29) is 28.6 Å². The molecule has 5 rings (SSSR count). The summed E-state index contributed by atoms with van der Waals surface area (Å²) in [7, 11) is 1.96. The zero-order chi connectivity index (χ0) is 23.7. The van der Waals surface area contributed by atoms with Crippen LogP contribution in [0.15, 0.2) is 29.5 Å². The van der Waals surface area contributed by atoms with E-state index >= 15 is 0 Å². The van der Waals surface area contributed by atoms with Crippen molar-refractivity contribution in [1.29, 1.82) is 0 Å². The Morgan fingerprint density at radius 1 is 1.12 bits per heavy atom. The normalized spacial score (nSPS) is 38.0. The van der Waals surface area contributed by atoms with Crippen molar-refractivity contribution in [2.45, 2.75) is 65.7 Å². The van der Waals surface area contributed by atoms with Crippen molar-refractivity contribution in [2.24, 2.45) is 34.5 Å². The Morgan fingerprint density at radius 2 is 1.88 bits per heavy atom. The summed E-state index contributed by atoms with van der Waals surface area (Å²) in [6.45, 7) is 6.97. The highest BCUT2D eigenvalue weighted by molar-refractivity contribution is 6.35. The quantitative estimate of drug-likeness (QED) is 0.490. The first-order valence-electron chi connectivity index (χ1n) is 12.3. The van der Waals surface area contributed by atoms with E-state index < -0.39 is 0 Å². The van der Waals surface area contributed by atoms with Crippen LogP contribution in [-0.4, -0.2) is 23.8 Å². The van der Waals surface area contributed by atoms with Gasteiger partial charge >= 0.3 is 0 Å². The molecular formula is C27H34Cl2N2O2. The number of anilines is 1. The van der Waals surface area contributed by atoms with Crippen molar-refractivity contribution in [3.8, 4) is 0 Å².